The van der Waals surface area contributed by atoms with E-state index >= 15 is 0 Å². The van der Waals surface area contributed by atoms with Crippen LogP contribution in [0.1, 0.15) is 15.2 Å². The third kappa shape index (κ3) is 3.38. The molecule has 0 bridgehead atoms. The third-order valence-corrected chi connectivity index (χ3v) is 3.49. The van der Waals surface area contributed by atoms with Gasteiger partial charge in [0.2, 0.25) is 5.75 Å². The van der Waals surface area contributed by atoms with Crippen molar-refractivity contribution in [3.05, 3.63) is 50.2 Å². The van der Waals surface area contributed by atoms with E-state index in [2.05, 4.69) is 10.5 Å². The van der Waals surface area contributed by atoms with Gasteiger partial charge in [0.15, 0.2) is 5.75 Å². The summed E-state index contributed by atoms with van der Waals surface area (Å²) in [7, 11) is 1.28. The van der Waals surface area contributed by atoms with Crippen LogP contribution in [0.3, 0.4) is 0 Å². The largest absolute Gasteiger partial charge is 0.500 e. The second kappa shape index (κ2) is 6.68. The van der Waals surface area contributed by atoms with Crippen molar-refractivity contribution in [3.8, 4) is 11.5 Å². The van der Waals surface area contributed by atoms with E-state index in [1.54, 1.807) is 17.5 Å². The van der Waals surface area contributed by atoms with Crippen molar-refractivity contribution in [2.24, 2.45) is 5.10 Å². The van der Waals surface area contributed by atoms with Crippen LogP contribution >= 0.6 is 11.3 Å². The molecule has 114 valence electrons. The van der Waals surface area contributed by atoms with E-state index in [-0.39, 0.29) is 11.7 Å². The van der Waals surface area contributed by atoms with Gasteiger partial charge in [-0.3, -0.25) is 14.9 Å². The molecule has 2 rings (SSSR count). The molecule has 9 heteroatoms. The van der Waals surface area contributed by atoms with E-state index in [4.69, 9.17) is 4.74 Å². The highest BCUT2D eigenvalue weighted by Gasteiger charge is 2.19. The molecule has 0 spiro atoms. The molecular weight excluding hydrogens is 310 g/mol. The molecule has 1 aromatic heterocycles. The quantitative estimate of drug-likeness (QED) is 0.497. The van der Waals surface area contributed by atoms with Crippen LogP contribution in [0.5, 0.6) is 11.5 Å². The fraction of sp³-hybridized carbons (Fsp3) is 0.0769. The monoisotopic (exact) mass is 321 g/mol. The molecule has 0 fully saturated rings. The number of aromatic hydroxyl groups is 1. The maximum absolute atomic E-state index is 11.7. The Morgan fingerprint density at radius 2 is 2.32 bits per heavy atom. The average Bonchev–Trinajstić information content (AvgIpc) is 3.02. The number of thiophene rings is 1. The lowest BCUT2D eigenvalue weighted by atomic mass is 10.2. The Bertz CT molecular complexity index is 728. The van der Waals surface area contributed by atoms with Gasteiger partial charge in [-0.15, -0.1) is 11.3 Å². The van der Waals surface area contributed by atoms with E-state index in [0.717, 1.165) is 6.07 Å². The first-order valence-electron chi connectivity index (χ1n) is 5.95. The Hall–Kier alpha value is -2.94. The summed E-state index contributed by atoms with van der Waals surface area (Å²) in [4.78, 5) is 22.3. The SMILES string of the molecule is COc1cc(/C=N\NC(=O)c2cccs2)cc([N+](=O)[O-])c1O. The number of hydrogen-bond donors (Lipinski definition) is 2. The molecule has 0 saturated heterocycles. The zero-order chi connectivity index (χ0) is 16.1. The normalized spacial score (nSPS) is 10.6. The summed E-state index contributed by atoms with van der Waals surface area (Å²) in [5.41, 5.74) is 2.09. The molecule has 0 atom stereocenters. The summed E-state index contributed by atoms with van der Waals surface area (Å²) in [5.74, 6) is -1.00. The number of nitro benzene ring substituents is 1. The lowest BCUT2D eigenvalue weighted by molar-refractivity contribution is -0.386. The number of nitro groups is 1. The lowest BCUT2D eigenvalue weighted by Crippen LogP contribution is -2.16. The van der Waals surface area contributed by atoms with Gasteiger partial charge in [0, 0.05) is 11.6 Å². The summed E-state index contributed by atoms with van der Waals surface area (Å²) in [6, 6.07) is 5.86. The van der Waals surface area contributed by atoms with Gasteiger partial charge in [0.25, 0.3) is 5.91 Å². The van der Waals surface area contributed by atoms with Gasteiger partial charge in [0.1, 0.15) is 0 Å². The lowest BCUT2D eigenvalue weighted by Gasteiger charge is -2.05. The number of hydrazone groups is 1. The van der Waals surface area contributed by atoms with Crippen LogP contribution in [-0.4, -0.2) is 29.3 Å². The zero-order valence-corrected chi connectivity index (χ0v) is 12.2. The van der Waals surface area contributed by atoms with Crippen molar-refractivity contribution in [1.29, 1.82) is 0 Å². The fourth-order valence-electron chi connectivity index (χ4n) is 1.61. The van der Waals surface area contributed by atoms with E-state index < -0.39 is 16.4 Å². The first-order valence-corrected chi connectivity index (χ1v) is 6.83. The summed E-state index contributed by atoms with van der Waals surface area (Å²) in [6.07, 6.45) is 1.22. The minimum absolute atomic E-state index is 0.0553. The number of phenols is 1. The summed E-state index contributed by atoms with van der Waals surface area (Å²) in [5, 5.41) is 26.0. The molecule has 0 aliphatic heterocycles. The maximum Gasteiger partial charge on any atom is 0.315 e. The van der Waals surface area contributed by atoms with Crippen LogP contribution in [0.25, 0.3) is 0 Å². The zero-order valence-electron chi connectivity index (χ0n) is 11.3. The van der Waals surface area contributed by atoms with Gasteiger partial charge in [0.05, 0.1) is 23.1 Å². The summed E-state index contributed by atoms with van der Waals surface area (Å²) >= 11 is 1.26. The number of hydrogen-bond acceptors (Lipinski definition) is 7. The van der Waals surface area contributed by atoms with Crippen LogP contribution in [0.4, 0.5) is 5.69 Å². The van der Waals surface area contributed by atoms with Crippen LogP contribution in [0.2, 0.25) is 0 Å². The van der Waals surface area contributed by atoms with Crippen LogP contribution in [0.15, 0.2) is 34.7 Å². The van der Waals surface area contributed by atoms with E-state index in [1.807, 2.05) is 0 Å². The molecule has 1 heterocycles. The number of amides is 1. The van der Waals surface area contributed by atoms with Crippen LogP contribution in [0, 0.1) is 10.1 Å². The highest BCUT2D eigenvalue weighted by molar-refractivity contribution is 7.12. The van der Waals surface area contributed by atoms with Crippen molar-refractivity contribution in [2.75, 3.05) is 7.11 Å². The van der Waals surface area contributed by atoms with Crippen LogP contribution in [-0.2, 0) is 0 Å². The Labute approximate surface area is 128 Å². The highest BCUT2D eigenvalue weighted by atomic mass is 32.1. The Morgan fingerprint density at radius 3 is 2.91 bits per heavy atom. The predicted octanol–water partition coefficient (Wildman–Crippen LogP) is 2.13. The first kappa shape index (κ1) is 15.4. The van der Waals surface area contributed by atoms with E-state index in [0.29, 0.717) is 10.4 Å². The molecule has 0 aliphatic carbocycles. The van der Waals surface area contributed by atoms with E-state index in [1.165, 1.54) is 30.7 Å². The van der Waals surface area contributed by atoms with Gasteiger partial charge in [-0.1, -0.05) is 6.07 Å². The summed E-state index contributed by atoms with van der Waals surface area (Å²) in [6.45, 7) is 0. The van der Waals surface area contributed by atoms with Gasteiger partial charge >= 0.3 is 5.69 Å². The Balaban J connectivity index is 2.18. The van der Waals surface area contributed by atoms with E-state index in [9.17, 15) is 20.0 Å². The van der Waals surface area contributed by atoms with Crippen molar-refractivity contribution in [2.45, 2.75) is 0 Å². The molecule has 2 N–H and O–H groups in total. The van der Waals surface area contributed by atoms with Crippen molar-refractivity contribution >= 4 is 29.1 Å². The number of ether oxygens (including phenoxy) is 1. The number of rotatable bonds is 5. The standard InChI is InChI=1S/C13H11N3O5S/c1-21-10-6-8(5-9(12(10)17)16(19)20)7-14-15-13(18)11-3-2-4-22-11/h2-7,17H,1H3,(H,15,18)/b14-7-. The number of benzene rings is 1. The number of nitrogens with one attached hydrogen (secondary N) is 1. The average molecular weight is 321 g/mol. The first-order chi connectivity index (χ1) is 10.5. The molecule has 8 nitrogen and oxygen atoms in total. The second-order valence-electron chi connectivity index (χ2n) is 4.02. The van der Waals surface area contributed by atoms with Gasteiger partial charge in [-0.25, -0.2) is 5.43 Å². The van der Waals surface area contributed by atoms with Crippen molar-refractivity contribution in [3.63, 3.8) is 0 Å². The van der Waals surface area contributed by atoms with Gasteiger partial charge in [-0.05, 0) is 17.5 Å². The minimum atomic E-state index is -0.737. The Kier molecular flexibility index (Phi) is 4.69. The summed E-state index contributed by atoms with van der Waals surface area (Å²) < 4.78 is 4.86. The molecule has 1 aromatic carbocycles. The topological polar surface area (TPSA) is 114 Å². The van der Waals surface area contributed by atoms with Crippen molar-refractivity contribution < 1.29 is 19.6 Å². The van der Waals surface area contributed by atoms with Crippen molar-refractivity contribution in [1.82, 2.24) is 5.43 Å². The molecule has 0 unspecified atom stereocenters. The van der Waals surface area contributed by atoms with Gasteiger partial charge < -0.3 is 9.84 Å². The Morgan fingerprint density at radius 1 is 1.55 bits per heavy atom. The third-order valence-electron chi connectivity index (χ3n) is 2.62. The minimum Gasteiger partial charge on any atom is -0.500 e. The number of nitrogens with zero attached hydrogens (tertiary/aromatic N) is 2. The highest BCUT2D eigenvalue weighted by Crippen LogP contribution is 2.36. The smallest absolute Gasteiger partial charge is 0.315 e. The molecule has 2 aromatic rings. The number of carbonyl (C=O) groups is 1. The number of phenolic OH excluding ortho intramolecular Hbond substituents is 1. The second-order valence-corrected chi connectivity index (χ2v) is 4.97. The van der Waals surface area contributed by atoms with Gasteiger partial charge in [-0.2, -0.15) is 5.10 Å². The molecule has 22 heavy (non-hydrogen) atoms. The molecule has 1 amide bonds. The molecular formula is C13H11N3O5S. The van der Waals surface area contributed by atoms with Crippen LogP contribution < -0.4 is 10.2 Å². The number of carbonyl (C=O) groups excluding carboxylic acids is 1. The maximum atomic E-state index is 11.7. The fourth-order valence-corrected chi connectivity index (χ4v) is 2.23. The number of methoxy groups -OCH3 is 1. The molecule has 0 aliphatic rings. The molecule has 0 radical (unpaired) electrons. The predicted molar refractivity (Wildman–Crippen MR) is 80.7 cm³/mol. The molecule has 0 saturated carbocycles.